The van der Waals surface area contributed by atoms with Crippen molar-refractivity contribution in [3.63, 3.8) is 0 Å². The Morgan fingerprint density at radius 1 is 1.33 bits per heavy atom. The summed E-state index contributed by atoms with van der Waals surface area (Å²) < 4.78 is 36.0. The zero-order valence-corrected chi connectivity index (χ0v) is 14.5. The molecule has 1 aromatic heterocycles. The Balaban J connectivity index is 2.08. The third-order valence-corrected chi connectivity index (χ3v) is 5.70. The number of sulfonamides is 1. The summed E-state index contributed by atoms with van der Waals surface area (Å²) in [5, 5.41) is 6.93. The van der Waals surface area contributed by atoms with E-state index in [4.69, 9.17) is 9.47 Å². The number of ether oxygens (including phenoxy) is 2. The predicted molar refractivity (Wildman–Crippen MR) is 86.2 cm³/mol. The van der Waals surface area contributed by atoms with Gasteiger partial charge in [0.05, 0.1) is 20.3 Å². The van der Waals surface area contributed by atoms with Crippen molar-refractivity contribution < 1.29 is 22.7 Å². The highest BCUT2D eigenvalue weighted by Crippen LogP contribution is 2.29. The molecule has 1 aliphatic heterocycles. The second-order valence-corrected chi connectivity index (χ2v) is 7.23. The SMILES string of the molecule is COc1cc(OC)nc(NC(=O)N=NS(=O)(=O)C2SC=CN2C)n1. The first-order valence-corrected chi connectivity index (χ1v) is 8.79. The maximum absolute atomic E-state index is 12.0. The Bertz CT molecular complexity index is 759. The van der Waals surface area contributed by atoms with Gasteiger partial charge < -0.3 is 14.4 Å². The molecule has 0 saturated heterocycles. The molecule has 0 spiro atoms. The summed E-state index contributed by atoms with van der Waals surface area (Å²) in [6, 6.07) is 0.356. The van der Waals surface area contributed by atoms with Crippen LogP contribution in [0.2, 0.25) is 0 Å². The molecule has 1 aromatic rings. The molecule has 1 unspecified atom stereocenters. The quantitative estimate of drug-likeness (QED) is 0.755. The van der Waals surface area contributed by atoms with Crippen LogP contribution < -0.4 is 14.8 Å². The molecule has 1 aliphatic rings. The lowest BCUT2D eigenvalue weighted by Gasteiger charge is -2.16. The number of nitrogens with zero attached hydrogens (tertiary/aromatic N) is 5. The van der Waals surface area contributed by atoms with E-state index in [0.717, 1.165) is 11.8 Å². The lowest BCUT2D eigenvalue weighted by molar-refractivity contribution is 0.258. The van der Waals surface area contributed by atoms with Gasteiger partial charge in [-0.2, -0.15) is 18.4 Å². The van der Waals surface area contributed by atoms with Crippen LogP contribution in [-0.2, 0) is 10.0 Å². The van der Waals surface area contributed by atoms with Crippen molar-refractivity contribution in [1.82, 2.24) is 14.9 Å². The topological polar surface area (TPSA) is 135 Å². The lowest BCUT2D eigenvalue weighted by Crippen LogP contribution is -2.27. The highest BCUT2D eigenvalue weighted by Gasteiger charge is 2.31. The van der Waals surface area contributed by atoms with Crippen molar-refractivity contribution in [3.05, 3.63) is 17.7 Å². The fourth-order valence-corrected chi connectivity index (χ4v) is 3.86. The molecule has 0 bridgehead atoms. The molecule has 0 aliphatic carbocycles. The third-order valence-electron chi connectivity index (χ3n) is 2.64. The Morgan fingerprint density at radius 2 is 1.96 bits per heavy atom. The van der Waals surface area contributed by atoms with E-state index in [2.05, 4.69) is 24.9 Å². The van der Waals surface area contributed by atoms with Crippen molar-refractivity contribution in [2.75, 3.05) is 26.6 Å². The van der Waals surface area contributed by atoms with E-state index in [1.165, 1.54) is 25.2 Å². The van der Waals surface area contributed by atoms with Gasteiger partial charge in [0.25, 0.3) is 0 Å². The number of carbonyl (C=O) groups excluding carboxylic acids is 1. The molecule has 13 heteroatoms. The zero-order chi connectivity index (χ0) is 17.7. The van der Waals surface area contributed by atoms with Crippen LogP contribution in [0.15, 0.2) is 27.3 Å². The minimum absolute atomic E-state index is 0.150. The van der Waals surface area contributed by atoms with Crippen LogP contribution in [0.3, 0.4) is 0 Å². The number of amides is 2. The number of rotatable bonds is 5. The van der Waals surface area contributed by atoms with Crippen molar-refractivity contribution in [1.29, 1.82) is 0 Å². The molecular formula is C11H14N6O5S2. The molecule has 0 saturated carbocycles. The summed E-state index contributed by atoms with van der Waals surface area (Å²) in [5.74, 6) is 0.134. The van der Waals surface area contributed by atoms with E-state index in [1.54, 1.807) is 18.7 Å². The monoisotopic (exact) mass is 374 g/mol. The maximum Gasteiger partial charge on any atom is 0.367 e. The van der Waals surface area contributed by atoms with E-state index >= 15 is 0 Å². The van der Waals surface area contributed by atoms with E-state index in [9.17, 15) is 13.2 Å². The Morgan fingerprint density at radius 3 is 2.46 bits per heavy atom. The Hall–Kier alpha value is -2.41. The fraction of sp³-hybridized carbons (Fsp3) is 0.364. The lowest BCUT2D eigenvalue weighted by atomic mass is 10.6. The molecule has 2 rings (SSSR count). The molecule has 2 amide bonds. The molecule has 2 heterocycles. The molecule has 0 aromatic carbocycles. The summed E-state index contributed by atoms with van der Waals surface area (Å²) in [6.07, 6.45) is 1.58. The van der Waals surface area contributed by atoms with Crippen molar-refractivity contribution in [3.8, 4) is 11.8 Å². The Kier molecular flexibility index (Phi) is 5.56. The summed E-state index contributed by atoms with van der Waals surface area (Å²) in [4.78, 5) is 20.9. The third kappa shape index (κ3) is 4.32. The van der Waals surface area contributed by atoms with Crippen LogP contribution in [0.25, 0.3) is 0 Å². The van der Waals surface area contributed by atoms with Crippen LogP contribution in [0.4, 0.5) is 10.7 Å². The smallest absolute Gasteiger partial charge is 0.367 e. The van der Waals surface area contributed by atoms with Gasteiger partial charge in [0.2, 0.25) is 22.4 Å². The maximum atomic E-state index is 12.0. The van der Waals surface area contributed by atoms with Gasteiger partial charge in [-0.25, -0.2) is 4.79 Å². The summed E-state index contributed by atoms with van der Waals surface area (Å²) >= 11 is 1.04. The molecule has 1 atom stereocenters. The number of methoxy groups -OCH3 is 2. The molecule has 0 radical (unpaired) electrons. The van der Waals surface area contributed by atoms with Crippen LogP contribution >= 0.6 is 11.8 Å². The molecule has 0 fully saturated rings. The summed E-state index contributed by atoms with van der Waals surface area (Å²) in [5.41, 5.74) is 0. The van der Waals surface area contributed by atoms with Gasteiger partial charge in [-0.05, 0) is 5.41 Å². The zero-order valence-electron chi connectivity index (χ0n) is 12.9. The minimum atomic E-state index is -3.99. The average Bonchev–Trinajstić information content (AvgIpc) is 2.99. The van der Waals surface area contributed by atoms with Crippen LogP contribution in [0.1, 0.15) is 0 Å². The van der Waals surface area contributed by atoms with Crippen LogP contribution in [0.5, 0.6) is 11.8 Å². The van der Waals surface area contributed by atoms with Crippen molar-refractivity contribution in [2.24, 2.45) is 9.63 Å². The number of aromatic nitrogens is 2. The largest absolute Gasteiger partial charge is 0.481 e. The second-order valence-electron chi connectivity index (χ2n) is 4.30. The van der Waals surface area contributed by atoms with Crippen LogP contribution in [-0.4, -0.2) is 55.3 Å². The number of hydrogen-bond donors (Lipinski definition) is 1. The molecule has 1 N–H and O–H groups in total. The number of thioether (sulfide) groups is 1. The van der Waals surface area contributed by atoms with E-state index in [-0.39, 0.29) is 17.7 Å². The van der Waals surface area contributed by atoms with Gasteiger partial charge >= 0.3 is 16.1 Å². The van der Waals surface area contributed by atoms with Crippen molar-refractivity contribution in [2.45, 2.75) is 4.71 Å². The minimum Gasteiger partial charge on any atom is -0.481 e. The number of anilines is 1. The van der Waals surface area contributed by atoms with Gasteiger partial charge in [0, 0.05) is 13.2 Å². The first-order chi connectivity index (χ1) is 11.4. The summed E-state index contributed by atoms with van der Waals surface area (Å²) in [7, 11) is 0.342. The highest BCUT2D eigenvalue weighted by molar-refractivity contribution is 8.14. The van der Waals surface area contributed by atoms with Gasteiger partial charge in [-0.3, -0.25) is 5.32 Å². The van der Waals surface area contributed by atoms with Gasteiger partial charge in [0.1, 0.15) is 0 Å². The second kappa shape index (κ2) is 7.44. The summed E-state index contributed by atoms with van der Waals surface area (Å²) in [6.45, 7) is 0. The van der Waals surface area contributed by atoms with Crippen LogP contribution in [0, 0.1) is 0 Å². The van der Waals surface area contributed by atoms with Gasteiger partial charge in [-0.15, -0.1) is 0 Å². The van der Waals surface area contributed by atoms with E-state index < -0.39 is 20.8 Å². The Labute approximate surface area is 142 Å². The van der Waals surface area contributed by atoms with E-state index in [1.807, 2.05) is 0 Å². The first-order valence-electron chi connectivity index (χ1n) is 6.34. The molecule has 24 heavy (non-hydrogen) atoms. The van der Waals surface area contributed by atoms with Gasteiger partial charge in [0.15, 0.2) is 0 Å². The average molecular weight is 374 g/mol. The van der Waals surface area contributed by atoms with E-state index in [0.29, 0.717) is 0 Å². The number of hydrogen-bond acceptors (Lipinski definition) is 9. The first kappa shape index (κ1) is 17.9. The van der Waals surface area contributed by atoms with Gasteiger partial charge in [-0.1, -0.05) is 21.4 Å². The number of nitrogens with one attached hydrogen (secondary N) is 1. The number of carbonyl (C=O) groups is 1. The standard InChI is InChI=1S/C11H14N6O5S2/c1-17-4-5-23-11(17)24(19,20)16-15-10(18)14-9-12-7(21-2)6-8(13-9)22-3/h4-6,11H,1-3H3,(H,12,13,14,18). The number of urea groups is 1. The van der Waals surface area contributed by atoms with Crippen molar-refractivity contribution >= 4 is 33.8 Å². The fourth-order valence-electron chi connectivity index (χ4n) is 1.57. The predicted octanol–water partition coefficient (Wildman–Crippen LogP) is 1.24. The molecular weight excluding hydrogens is 360 g/mol. The molecule has 11 nitrogen and oxygen atoms in total. The molecule has 130 valence electrons. The normalized spacial score (nSPS) is 17.3. The highest BCUT2D eigenvalue weighted by atomic mass is 32.3.